The minimum absolute atomic E-state index is 0.113. The Balaban J connectivity index is 1.94. The third kappa shape index (κ3) is 3.91. The van der Waals surface area contributed by atoms with E-state index in [2.05, 4.69) is 5.32 Å². The van der Waals surface area contributed by atoms with E-state index in [1.807, 2.05) is 18.7 Å². The maximum absolute atomic E-state index is 13.5. The molecule has 1 saturated heterocycles. The summed E-state index contributed by atoms with van der Waals surface area (Å²) >= 11 is 0. The average Bonchev–Trinajstić information content (AvgIpc) is 2.32. The molecular formula is C14H20FN3O2. The fraction of sp³-hybridized carbons (Fsp3) is 0.500. The van der Waals surface area contributed by atoms with Crippen LogP contribution in [0.15, 0.2) is 18.2 Å². The first-order valence-corrected chi connectivity index (χ1v) is 6.57. The predicted molar refractivity (Wildman–Crippen MR) is 75.9 cm³/mol. The smallest absolute Gasteiger partial charge is 0.238 e. The van der Waals surface area contributed by atoms with E-state index in [1.165, 1.54) is 18.2 Å². The summed E-state index contributed by atoms with van der Waals surface area (Å²) in [5, 5.41) is 2.55. The molecule has 1 aliphatic heterocycles. The van der Waals surface area contributed by atoms with Crippen LogP contribution in [0.1, 0.15) is 13.8 Å². The molecule has 20 heavy (non-hydrogen) atoms. The quantitative estimate of drug-likeness (QED) is 0.823. The van der Waals surface area contributed by atoms with Gasteiger partial charge in [0, 0.05) is 18.8 Å². The summed E-state index contributed by atoms with van der Waals surface area (Å²) in [6.07, 6.45) is 0. The van der Waals surface area contributed by atoms with Crippen LogP contribution in [0, 0.1) is 5.82 Å². The van der Waals surface area contributed by atoms with Gasteiger partial charge in [0.15, 0.2) is 0 Å². The highest BCUT2D eigenvalue weighted by Gasteiger charge is 2.28. The number of carbonyl (C=O) groups excluding carboxylic acids is 1. The van der Waals surface area contributed by atoms with E-state index >= 15 is 0 Å². The van der Waals surface area contributed by atoms with Gasteiger partial charge in [0.05, 0.1) is 24.4 Å². The van der Waals surface area contributed by atoms with Crippen LogP contribution in [-0.4, -0.2) is 42.6 Å². The molecule has 0 bridgehead atoms. The van der Waals surface area contributed by atoms with Crippen LogP contribution in [0.2, 0.25) is 0 Å². The molecule has 110 valence electrons. The zero-order valence-corrected chi connectivity index (χ0v) is 11.8. The molecule has 0 radical (unpaired) electrons. The number of anilines is 2. The molecule has 5 nitrogen and oxygen atoms in total. The second-order valence-corrected chi connectivity index (χ2v) is 5.61. The van der Waals surface area contributed by atoms with Crippen molar-refractivity contribution in [1.82, 2.24) is 4.90 Å². The molecule has 6 heteroatoms. The number of amides is 1. The lowest BCUT2D eigenvalue weighted by Gasteiger charge is -2.37. The molecule has 3 N–H and O–H groups in total. The van der Waals surface area contributed by atoms with Gasteiger partial charge in [0.1, 0.15) is 5.82 Å². The standard InChI is InChI=1S/C14H20FN3O2/c1-14(2)9-18(5-6-20-14)8-13(19)17-12-7-10(16)3-4-11(12)15/h3-4,7H,5-6,8-9,16H2,1-2H3,(H,17,19). The molecule has 1 amide bonds. The van der Waals surface area contributed by atoms with Gasteiger partial charge in [-0.25, -0.2) is 4.39 Å². The first-order chi connectivity index (χ1) is 9.35. The van der Waals surface area contributed by atoms with Gasteiger partial charge in [0.2, 0.25) is 5.91 Å². The summed E-state index contributed by atoms with van der Waals surface area (Å²) in [7, 11) is 0. The van der Waals surface area contributed by atoms with Crippen LogP contribution in [0.25, 0.3) is 0 Å². The van der Waals surface area contributed by atoms with Gasteiger partial charge in [0.25, 0.3) is 0 Å². The Bertz CT molecular complexity index is 505. The number of rotatable bonds is 3. The lowest BCUT2D eigenvalue weighted by Crippen LogP contribution is -2.50. The predicted octanol–water partition coefficient (Wildman–Crippen LogP) is 1.46. The highest BCUT2D eigenvalue weighted by atomic mass is 19.1. The number of hydrogen-bond acceptors (Lipinski definition) is 4. The molecule has 0 aliphatic carbocycles. The topological polar surface area (TPSA) is 67.6 Å². The monoisotopic (exact) mass is 281 g/mol. The Morgan fingerprint density at radius 3 is 3.00 bits per heavy atom. The lowest BCUT2D eigenvalue weighted by molar-refractivity contribution is -0.122. The molecule has 1 heterocycles. The normalized spacial score (nSPS) is 18.8. The van der Waals surface area contributed by atoms with Crippen molar-refractivity contribution in [3.05, 3.63) is 24.0 Å². The van der Waals surface area contributed by atoms with Gasteiger partial charge in [-0.2, -0.15) is 0 Å². The van der Waals surface area contributed by atoms with Gasteiger partial charge in [-0.05, 0) is 32.0 Å². The van der Waals surface area contributed by atoms with E-state index in [9.17, 15) is 9.18 Å². The zero-order valence-electron chi connectivity index (χ0n) is 11.8. The van der Waals surface area contributed by atoms with Gasteiger partial charge in [-0.3, -0.25) is 9.69 Å². The molecule has 1 fully saturated rings. The fourth-order valence-corrected chi connectivity index (χ4v) is 2.28. The number of nitrogens with one attached hydrogen (secondary N) is 1. The van der Waals surface area contributed by atoms with Crippen molar-refractivity contribution in [1.29, 1.82) is 0 Å². The van der Waals surface area contributed by atoms with E-state index in [4.69, 9.17) is 10.5 Å². The third-order valence-corrected chi connectivity index (χ3v) is 3.14. The number of nitrogens with zero attached hydrogens (tertiary/aromatic N) is 1. The molecule has 2 rings (SSSR count). The van der Waals surface area contributed by atoms with Crippen molar-refractivity contribution in [2.45, 2.75) is 19.4 Å². The maximum atomic E-state index is 13.5. The highest BCUT2D eigenvalue weighted by Crippen LogP contribution is 2.18. The van der Waals surface area contributed by atoms with E-state index in [0.29, 0.717) is 25.4 Å². The number of hydrogen-bond donors (Lipinski definition) is 2. The zero-order chi connectivity index (χ0) is 14.8. The van der Waals surface area contributed by atoms with Crippen LogP contribution in [0.4, 0.5) is 15.8 Å². The number of benzene rings is 1. The number of nitrogen functional groups attached to an aromatic ring is 1. The first kappa shape index (κ1) is 14.7. The molecule has 0 saturated carbocycles. The summed E-state index contributed by atoms with van der Waals surface area (Å²) in [5.41, 5.74) is 5.84. The van der Waals surface area contributed by atoms with Crippen LogP contribution in [-0.2, 0) is 9.53 Å². The van der Waals surface area contributed by atoms with Crippen LogP contribution in [0.5, 0.6) is 0 Å². The van der Waals surface area contributed by atoms with E-state index in [0.717, 1.165) is 0 Å². The third-order valence-electron chi connectivity index (χ3n) is 3.14. The Labute approximate surface area is 117 Å². The molecule has 1 aliphatic rings. The van der Waals surface area contributed by atoms with E-state index < -0.39 is 5.82 Å². The van der Waals surface area contributed by atoms with Crippen molar-refractivity contribution in [3.63, 3.8) is 0 Å². The fourth-order valence-electron chi connectivity index (χ4n) is 2.28. The summed E-state index contributed by atoms with van der Waals surface area (Å²) < 4.78 is 19.1. The minimum Gasteiger partial charge on any atom is -0.399 e. The van der Waals surface area contributed by atoms with Crippen LogP contribution >= 0.6 is 0 Å². The maximum Gasteiger partial charge on any atom is 0.238 e. The molecule has 0 spiro atoms. The lowest BCUT2D eigenvalue weighted by atomic mass is 10.1. The number of nitrogens with two attached hydrogens (primary N) is 1. The molecule has 0 unspecified atom stereocenters. The number of halogens is 1. The largest absolute Gasteiger partial charge is 0.399 e. The molecule has 1 aromatic rings. The Hall–Kier alpha value is -1.66. The number of carbonyl (C=O) groups is 1. The number of morpholine rings is 1. The molecule has 0 aromatic heterocycles. The van der Waals surface area contributed by atoms with Crippen molar-refractivity contribution in [2.75, 3.05) is 37.3 Å². The highest BCUT2D eigenvalue weighted by molar-refractivity contribution is 5.92. The number of ether oxygens (including phenoxy) is 1. The summed E-state index contributed by atoms with van der Waals surface area (Å²) in [6, 6.07) is 4.11. The van der Waals surface area contributed by atoms with Crippen molar-refractivity contribution in [3.8, 4) is 0 Å². The molecule has 1 aromatic carbocycles. The Morgan fingerprint density at radius 1 is 1.55 bits per heavy atom. The SMILES string of the molecule is CC1(C)CN(CC(=O)Nc2cc(N)ccc2F)CCO1. The van der Waals surface area contributed by atoms with Crippen molar-refractivity contribution in [2.24, 2.45) is 0 Å². The van der Waals surface area contributed by atoms with E-state index in [-0.39, 0.29) is 23.7 Å². The van der Waals surface area contributed by atoms with Gasteiger partial charge in [-0.15, -0.1) is 0 Å². The van der Waals surface area contributed by atoms with Gasteiger partial charge in [-0.1, -0.05) is 0 Å². The molecular weight excluding hydrogens is 261 g/mol. The van der Waals surface area contributed by atoms with Gasteiger partial charge >= 0.3 is 0 Å². The second kappa shape index (κ2) is 5.76. The Morgan fingerprint density at radius 2 is 2.30 bits per heavy atom. The summed E-state index contributed by atoms with van der Waals surface area (Å²) in [6.45, 7) is 6.12. The second-order valence-electron chi connectivity index (χ2n) is 5.61. The van der Waals surface area contributed by atoms with Crippen LogP contribution < -0.4 is 11.1 Å². The minimum atomic E-state index is -0.491. The van der Waals surface area contributed by atoms with Crippen molar-refractivity contribution >= 4 is 17.3 Å². The van der Waals surface area contributed by atoms with Crippen LogP contribution in [0.3, 0.4) is 0 Å². The van der Waals surface area contributed by atoms with Crippen molar-refractivity contribution < 1.29 is 13.9 Å². The first-order valence-electron chi connectivity index (χ1n) is 6.57. The Kier molecular flexibility index (Phi) is 4.25. The molecule has 0 atom stereocenters. The summed E-state index contributed by atoms with van der Waals surface area (Å²) in [5.74, 6) is -0.748. The van der Waals surface area contributed by atoms with Gasteiger partial charge < -0.3 is 15.8 Å². The van der Waals surface area contributed by atoms with E-state index in [1.54, 1.807) is 0 Å². The summed E-state index contributed by atoms with van der Waals surface area (Å²) in [4.78, 5) is 13.9. The average molecular weight is 281 g/mol.